The molecule has 0 aliphatic rings. The molecule has 0 spiro atoms. The largest absolute Gasteiger partial charge is 0.361 e. The molecule has 0 unspecified atom stereocenters. The lowest BCUT2D eigenvalue weighted by Crippen LogP contribution is -2.13. The lowest BCUT2D eigenvalue weighted by Gasteiger charge is -2.19. The van der Waals surface area contributed by atoms with Crippen LogP contribution >= 0.6 is 11.6 Å². The van der Waals surface area contributed by atoms with Crippen molar-refractivity contribution in [2.75, 3.05) is 24.3 Å². The van der Waals surface area contributed by atoms with Gasteiger partial charge in [-0.2, -0.15) is 0 Å². The summed E-state index contributed by atoms with van der Waals surface area (Å²) < 4.78 is 14.2. The molecule has 7 heteroatoms. The van der Waals surface area contributed by atoms with Crippen molar-refractivity contribution in [3.63, 3.8) is 0 Å². The van der Waals surface area contributed by atoms with Gasteiger partial charge in [-0.15, -0.1) is 0 Å². The van der Waals surface area contributed by atoms with Crippen LogP contribution in [-0.4, -0.2) is 30.3 Å². The van der Waals surface area contributed by atoms with Crippen LogP contribution < -0.4 is 10.2 Å². The second-order valence-electron chi connectivity index (χ2n) is 5.82. The summed E-state index contributed by atoms with van der Waals surface area (Å²) in [6.45, 7) is 0. The zero-order chi connectivity index (χ0) is 18.7. The molecule has 2 heterocycles. The Bertz CT molecular complexity index is 962. The summed E-state index contributed by atoms with van der Waals surface area (Å²) in [7, 11) is 3.70. The van der Waals surface area contributed by atoms with Crippen LogP contribution in [0.15, 0.2) is 48.9 Å². The van der Waals surface area contributed by atoms with Gasteiger partial charge >= 0.3 is 0 Å². The highest BCUT2D eigenvalue weighted by Gasteiger charge is 2.13. The molecule has 0 saturated carbocycles. The topological polar surface area (TPSA) is 58.1 Å². The van der Waals surface area contributed by atoms with Gasteiger partial charge in [0.2, 0.25) is 0 Å². The van der Waals surface area contributed by atoms with Crippen LogP contribution in [0.25, 0.3) is 11.1 Å². The number of hydrogen-bond acceptors (Lipinski definition) is 5. The number of carbonyl (C=O) groups excluding carboxylic acids is 1. The predicted octanol–water partition coefficient (Wildman–Crippen LogP) is 4.56. The first kappa shape index (κ1) is 17.8. The fourth-order valence-corrected chi connectivity index (χ4v) is 2.70. The van der Waals surface area contributed by atoms with Gasteiger partial charge in [-0.3, -0.25) is 9.78 Å². The van der Waals surface area contributed by atoms with Crippen LogP contribution in [0, 0.1) is 5.82 Å². The molecular weight excluding hydrogens is 355 g/mol. The van der Waals surface area contributed by atoms with Crippen molar-refractivity contribution >= 4 is 35.1 Å². The molecule has 26 heavy (non-hydrogen) atoms. The van der Waals surface area contributed by atoms with Crippen LogP contribution in [0.1, 0.15) is 10.4 Å². The van der Waals surface area contributed by atoms with Gasteiger partial charge in [0.05, 0.1) is 16.9 Å². The number of aldehydes is 1. The number of nitrogens with one attached hydrogen (secondary N) is 1. The van der Waals surface area contributed by atoms with Crippen molar-refractivity contribution in [1.29, 1.82) is 0 Å². The predicted molar refractivity (Wildman–Crippen MR) is 102 cm³/mol. The van der Waals surface area contributed by atoms with Gasteiger partial charge in [0.15, 0.2) is 12.1 Å². The summed E-state index contributed by atoms with van der Waals surface area (Å²) in [5, 5.41) is 3.62. The first-order valence-electron chi connectivity index (χ1n) is 7.78. The van der Waals surface area contributed by atoms with Crippen molar-refractivity contribution in [1.82, 2.24) is 9.97 Å². The molecule has 0 atom stereocenters. The quantitative estimate of drug-likeness (QED) is 0.667. The van der Waals surface area contributed by atoms with Crippen molar-refractivity contribution in [3.8, 4) is 11.1 Å². The zero-order valence-electron chi connectivity index (χ0n) is 14.2. The Balaban J connectivity index is 2.10. The summed E-state index contributed by atoms with van der Waals surface area (Å²) in [4.78, 5) is 21.4. The van der Waals surface area contributed by atoms with E-state index in [2.05, 4.69) is 15.3 Å². The molecule has 0 aliphatic carbocycles. The van der Waals surface area contributed by atoms with Crippen LogP contribution in [0.2, 0.25) is 5.02 Å². The van der Waals surface area contributed by atoms with E-state index in [0.29, 0.717) is 38.9 Å². The summed E-state index contributed by atoms with van der Waals surface area (Å²) in [6, 6.07) is 7.82. The molecule has 2 aromatic heterocycles. The SMILES string of the molecule is CN(C)c1ncc(-c2cc(Cl)ccc2F)cc1Nc1ccncc1C=O. The number of rotatable bonds is 5. The number of pyridine rings is 2. The molecule has 3 aromatic rings. The molecule has 0 fully saturated rings. The number of hydrogen-bond donors (Lipinski definition) is 1. The fraction of sp³-hybridized carbons (Fsp3) is 0.105. The third-order valence-corrected chi connectivity index (χ3v) is 4.01. The number of carbonyl (C=O) groups is 1. The molecule has 3 rings (SSSR count). The van der Waals surface area contributed by atoms with E-state index in [9.17, 15) is 9.18 Å². The minimum absolute atomic E-state index is 0.351. The highest BCUT2D eigenvalue weighted by molar-refractivity contribution is 6.30. The Morgan fingerprint density at radius 3 is 2.69 bits per heavy atom. The van der Waals surface area contributed by atoms with Crippen LogP contribution in [0.3, 0.4) is 0 Å². The van der Waals surface area contributed by atoms with E-state index in [1.165, 1.54) is 18.3 Å². The van der Waals surface area contributed by atoms with E-state index < -0.39 is 5.82 Å². The lowest BCUT2D eigenvalue weighted by atomic mass is 10.1. The Kier molecular flexibility index (Phi) is 5.14. The van der Waals surface area contributed by atoms with E-state index in [1.807, 2.05) is 19.0 Å². The molecule has 0 aliphatic heterocycles. The van der Waals surface area contributed by atoms with Gasteiger partial charge in [-0.1, -0.05) is 11.6 Å². The highest BCUT2D eigenvalue weighted by Crippen LogP contribution is 2.33. The number of halogens is 2. The van der Waals surface area contributed by atoms with Crippen molar-refractivity contribution in [3.05, 3.63) is 65.3 Å². The van der Waals surface area contributed by atoms with E-state index in [0.717, 1.165) is 6.29 Å². The maximum Gasteiger partial charge on any atom is 0.153 e. The summed E-state index contributed by atoms with van der Waals surface area (Å²) in [5.41, 5.74) is 2.55. The molecule has 0 radical (unpaired) electrons. The number of aromatic nitrogens is 2. The summed E-state index contributed by atoms with van der Waals surface area (Å²) in [6.07, 6.45) is 5.36. The van der Waals surface area contributed by atoms with E-state index in [1.54, 1.807) is 30.6 Å². The van der Waals surface area contributed by atoms with E-state index in [4.69, 9.17) is 11.6 Å². The molecule has 1 N–H and O–H groups in total. The third kappa shape index (κ3) is 3.65. The van der Waals surface area contributed by atoms with Crippen LogP contribution in [0.5, 0.6) is 0 Å². The minimum atomic E-state index is -0.391. The second kappa shape index (κ2) is 7.49. The highest BCUT2D eigenvalue weighted by atomic mass is 35.5. The number of nitrogens with zero attached hydrogens (tertiary/aromatic N) is 3. The number of benzene rings is 1. The van der Waals surface area contributed by atoms with Crippen molar-refractivity contribution in [2.45, 2.75) is 0 Å². The lowest BCUT2D eigenvalue weighted by molar-refractivity contribution is 0.112. The smallest absolute Gasteiger partial charge is 0.153 e. The fourth-order valence-electron chi connectivity index (χ4n) is 2.53. The van der Waals surface area contributed by atoms with Crippen molar-refractivity contribution < 1.29 is 9.18 Å². The minimum Gasteiger partial charge on any atom is -0.361 e. The van der Waals surface area contributed by atoms with Gasteiger partial charge in [0, 0.05) is 48.8 Å². The average molecular weight is 371 g/mol. The van der Waals surface area contributed by atoms with Gasteiger partial charge < -0.3 is 10.2 Å². The molecular formula is C19H16ClFN4O. The first-order valence-corrected chi connectivity index (χ1v) is 8.16. The molecule has 0 amide bonds. The Labute approximate surface area is 155 Å². The van der Waals surface area contributed by atoms with Crippen molar-refractivity contribution in [2.24, 2.45) is 0 Å². The number of anilines is 3. The maximum absolute atomic E-state index is 14.2. The third-order valence-electron chi connectivity index (χ3n) is 3.78. The summed E-state index contributed by atoms with van der Waals surface area (Å²) in [5.74, 6) is 0.252. The first-order chi connectivity index (χ1) is 12.5. The Morgan fingerprint density at radius 2 is 1.96 bits per heavy atom. The Hall–Kier alpha value is -2.99. The molecule has 1 aromatic carbocycles. The summed E-state index contributed by atoms with van der Waals surface area (Å²) >= 11 is 6.00. The standard InChI is InChI=1S/C19H16ClFN4O/c1-25(2)19-18(24-17-5-6-22-9-13(17)11-26)7-12(10-23-19)15-8-14(20)3-4-16(15)21/h3-11H,1-2H3,(H,22,24). The van der Waals surface area contributed by atoms with Gasteiger partial charge in [-0.25, -0.2) is 9.37 Å². The van der Waals surface area contributed by atoms with Gasteiger partial charge in [0.1, 0.15) is 5.82 Å². The zero-order valence-corrected chi connectivity index (χ0v) is 15.0. The van der Waals surface area contributed by atoms with E-state index in [-0.39, 0.29) is 0 Å². The van der Waals surface area contributed by atoms with Gasteiger partial charge in [0.25, 0.3) is 0 Å². The van der Waals surface area contributed by atoms with E-state index >= 15 is 0 Å². The average Bonchev–Trinajstić information content (AvgIpc) is 2.64. The second-order valence-corrected chi connectivity index (χ2v) is 6.26. The molecule has 5 nitrogen and oxygen atoms in total. The maximum atomic E-state index is 14.2. The monoisotopic (exact) mass is 370 g/mol. The Morgan fingerprint density at radius 1 is 1.15 bits per heavy atom. The normalized spacial score (nSPS) is 10.5. The van der Waals surface area contributed by atoms with Crippen LogP contribution in [0.4, 0.5) is 21.6 Å². The van der Waals surface area contributed by atoms with Gasteiger partial charge in [-0.05, 0) is 30.3 Å². The molecule has 0 saturated heterocycles. The van der Waals surface area contributed by atoms with Crippen LogP contribution in [-0.2, 0) is 0 Å². The molecule has 0 bridgehead atoms. The molecule has 132 valence electrons.